The lowest BCUT2D eigenvalue weighted by Gasteiger charge is -2.20. The summed E-state index contributed by atoms with van der Waals surface area (Å²) in [7, 11) is -1.08. The van der Waals surface area contributed by atoms with Crippen LogP contribution >= 0.6 is 0 Å². The Kier molecular flexibility index (Phi) is 7.52. The van der Waals surface area contributed by atoms with Crippen LogP contribution in [0.1, 0.15) is 15.9 Å². The molecule has 3 aromatic carbocycles. The van der Waals surface area contributed by atoms with Gasteiger partial charge in [0.15, 0.2) is 0 Å². The quantitative estimate of drug-likeness (QED) is 0.267. The maximum absolute atomic E-state index is 13.7. The number of halogens is 2. The van der Waals surface area contributed by atoms with Crippen molar-refractivity contribution in [3.8, 4) is 22.5 Å². The minimum absolute atomic E-state index is 0.0852. The van der Waals surface area contributed by atoms with Crippen molar-refractivity contribution in [3.05, 3.63) is 117 Å². The van der Waals surface area contributed by atoms with Gasteiger partial charge < -0.3 is 14.2 Å². The van der Waals surface area contributed by atoms with Gasteiger partial charge in [-0.2, -0.15) is 0 Å². The van der Waals surface area contributed by atoms with Gasteiger partial charge in [-0.25, -0.2) is 31.5 Å². The fourth-order valence-corrected chi connectivity index (χ4v) is 5.57. The summed E-state index contributed by atoms with van der Waals surface area (Å²) in [6.07, 6.45) is 2.31. The first-order chi connectivity index (χ1) is 21.8. The van der Waals surface area contributed by atoms with Gasteiger partial charge in [0.1, 0.15) is 28.4 Å². The van der Waals surface area contributed by atoms with Crippen LogP contribution in [-0.2, 0) is 16.6 Å². The average Bonchev–Trinajstić information content (AvgIpc) is 3.41. The molecule has 46 heavy (non-hydrogen) atoms. The zero-order valence-electron chi connectivity index (χ0n) is 24.5. The summed E-state index contributed by atoms with van der Waals surface area (Å²) in [4.78, 5) is 43.6. The Morgan fingerprint density at radius 2 is 1.59 bits per heavy atom. The van der Waals surface area contributed by atoms with Gasteiger partial charge in [-0.3, -0.25) is 13.9 Å². The molecule has 0 fully saturated rings. The molecule has 0 unspecified atom stereocenters. The lowest BCUT2D eigenvalue weighted by atomic mass is 9.99. The molecule has 1 amide bonds. The van der Waals surface area contributed by atoms with E-state index in [9.17, 15) is 31.6 Å². The van der Waals surface area contributed by atoms with Crippen LogP contribution in [0.4, 0.5) is 14.5 Å². The lowest BCUT2D eigenvalue weighted by molar-refractivity contribution is 0.0964. The van der Waals surface area contributed by atoms with Gasteiger partial charge in [0.25, 0.3) is 11.5 Å². The second-order valence-electron chi connectivity index (χ2n) is 10.5. The van der Waals surface area contributed by atoms with E-state index in [0.29, 0.717) is 16.5 Å². The molecule has 0 atom stereocenters. The monoisotopic (exact) mass is 646 g/mol. The van der Waals surface area contributed by atoms with Crippen LogP contribution in [0, 0.1) is 11.6 Å². The van der Waals surface area contributed by atoms with Crippen LogP contribution < -0.4 is 20.9 Å². The smallest absolute Gasteiger partial charge is 0.423 e. The third kappa shape index (κ3) is 5.43. The van der Waals surface area contributed by atoms with Gasteiger partial charge in [0, 0.05) is 48.4 Å². The number of anilines is 1. The van der Waals surface area contributed by atoms with Gasteiger partial charge in [-0.05, 0) is 54.1 Å². The van der Waals surface area contributed by atoms with Crippen molar-refractivity contribution in [2.24, 2.45) is 0 Å². The van der Waals surface area contributed by atoms with Crippen LogP contribution in [0.3, 0.4) is 0 Å². The average molecular weight is 647 g/mol. The summed E-state index contributed by atoms with van der Waals surface area (Å²) in [5.41, 5.74) is 0.795. The lowest BCUT2D eigenvalue weighted by Crippen LogP contribution is -2.33. The van der Waals surface area contributed by atoms with Crippen molar-refractivity contribution in [2.45, 2.75) is 6.54 Å². The zero-order chi connectivity index (χ0) is 32.9. The number of furan rings is 1. The first-order valence-corrected chi connectivity index (χ1v) is 15.5. The Labute approximate surface area is 259 Å². The topological polar surface area (TPSA) is 145 Å². The summed E-state index contributed by atoms with van der Waals surface area (Å²) in [6.45, 7) is -0.202. The number of hydrogen-bond acceptors (Lipinski definition) is 8. The third-order valence-electron chi connectivity index (χ3n) is 7.50. The van der Waals surface area contributed by atoms with Crippen LogP contribution in [0.5, 0.6) is 0 Å². The molecule has 3 aromatic heterocycles. The second-order valence-corrected chi connectivity index (χ2v) is 12.5. The Bertz CT molecular complexity index is 2400. The molecule has 0 saturated heterocycles. The fourth-order valence-electron chi connectivity index (χ4n) is 5.07. The first-order valence-electron chi connectivity index (χ1n) is 13.7. The number of nitrogens with zero attached hydrogens (tertiary/aromatic N) is 3. The van der Waals surface area contributed by atoms with E-state index in [1.807, 2.05) is 0 Å². The highest BCUT2D eigenvalue weighted by Gasteiger charge is 2.26. The van der Waals surface area contributed by atoms with Crippen molar-refractivity contribution >= 4 is 43.7 Å². The number of sulfonamides is 1. The number of aromatic nitrogens is 2. The number of benzene rings is 3. The van der Waals surface area contributed by atoms with Gasteiger partial charge in [-0.15, -0.1) is 0 Å². The van der Waals surface area contributed by atoms with Gasteiger partial charge in [-0.1, -0.05) is 12.1 Å². The number of nitrogens with one attached hydrogen (secondary N) is 1. The predicted octanol–water partition coefficient (Wildman–Crippen LogP) is 4.51. The minimum atomic E-state index is -3.84. The molecule has 0 bridgehead atoms. The molecular weight excluding hydrogens is 622 g/mol. The molecule has 6 aromatic rings. The molecular formula is C32H24F2N4O7S. The van der Waals surface area contributed by atoms with Crippen LogP contribution in [0.2, 0.25) is 0 Å². The third-order valence-corrected chi connectivity index (χ3v) is 8.69. The van der Waals surface area contributed by atoms with E-state index in [4.69, 9.17) is 8.83 Å². The van der Waals surface area contributed by atoms with Gasteiger partial charge in [0.2, 0.25) is 15.7 Å². The largest absolute Gasteiger partial charge is 0.455 e. The summed E-state index contributed by atoms with van der Waals surface area (Å²) in [6, 6.07) is 14.9. The van der Waals surface area contributed by atoms with Gasteiger partial charge in [0.05, 0.1) is 24.1 Å². The first kappa shape index (κ1) is 30.4. The number of pyridine rings is 1. The van der Waals surface area contributed by atoms with E-state index < -0.39 is 38.9 Å². The molecule has 14 heteroatoms. The molecule has 11 nitrogen and oxygen atoms in total. The molecule has 0 radical (unpaired) electrons. The predicted molar refractivity (Wildman–Crippen MR) is 167 cm³/mol. The zero-order valence-corrected chi connectivity index (χ0v) is 25.3. The SMILES string of the molecule is CNC(=O)c1c(-c2ccc(F)cc2)oc2cc(N(C)S(C)(=O)=O)c(-c3cnc4oc(=O)n(Cc5ccc(F)cc5)c(=O)c4c3)cc12. The van der Waals surface area contributed by atoms with Gasteiger partial charge >= 0.3 is 5.76 Å². The van der Waals surface area contributed by atoms with E-state index in [0.717, 1.165) is 15.1 Å². The van der Waals surface area contributed by atoms with Crippen molar-refractivity contribution in [2.75, 3.05) is 24.7 Å². The van der Waals surface area contributed by atoms with E-state index in [1.54, 1.807) is 0 Å². The van der Waals surface area contributed by atoms with Crippen molar-refractivity contribution < 1.29 is 30.8 Å². The molecule has 0 aliphatic heterocycles. The van der Waals surface area contributed by atoms with Crippen molar-refractivity contribution in [1.82, 2.24) is 14.9 Å². The maximum Gasteiger partial charge on any atom is 0.423 e. The molecule has 3 heterocycles. The molecule has 234 valence electrons. The Morgan fingerprint density at radius 3 is 2.22 bits per heavy atom. The molecule has 6 rings (SSSR count). The maximum atomic E-state index is 13.7. The summed E-state index contributed by atoms with van der Waals surface area (Å²) >= 11 is 0. The highest BCUT2D eigenvalue weighted by atomic mass is 32.2. The Balaban J connectivity index is 1.61. The van der Waals surface area contributed by atoms with E-state index >= 15 is 0 Å². The van der Waals surface area contributed by atoms with Crippen LogP contribution in [0.25, 0.3) is 44.5 Å². The molecule has 0 saturated carbocycles. The van der Waals surface area contributed by atoms with E-state index in [2.05, 4.69) is 10.3 Å². The molecule has 0 spiro atoms. The van der Waals surface area contributed by atoms with Crippen LogP contribution in [-0.4, -0.2) is 44.2 Å². The number of amides is 1. The standard InChI is InChI=1S/C32H24F2N4O7S/c1-35-29(39)27-23-13-22(25(37(2)46(3,42)43)14-26(23)44-28(27)18-6-10-21(34)11-7-18)19-12-24-30(36-15-19)45-32(41)38(31(24)40)16-17-4-8-20(33)9-5-17/h4-15H,16H2,1-3H3,(H,35,39). The van der Waals surface area contributed by atoms with Crippen molar-refractivity contribution in [3.63, 3.8) is 0 Å². The summed E-state index contributed by atoms with van der Waals surface area (Å²) < 4.78 is 65.8. The highest BCUT2D eigenvalue weighted by Crippen LogP contribution is 2.41. The summed E-state index contributed by atoms with van der Waals surface area (Å²) in [5, 5.41) is 2.78. The number of hydrogen-bond donors (Lipinski definition) is 1. The van der Waals surface area contributed by atoms with E-state index in [-0.39, 0.29) is 51.4 Å². The second kappa shape index (κ2) is 11.4. The molecule has 0 aliphatic carbocycles. The number of carbonyl (C=O) groups is 1. The van der Waals surface area contributed by atoms with E-state index in [1.165, 1.54) is 87.0 Å². The highest BCUT2D eigenvalue weighted by molar-refractivity contribution is 7.92. The number of rotatable bonds is 7. The Morgan fingerprint density at radius 1 is 0.935 bits per heavy atom. The van der Waals surface area contributed by atoms with Crippen LogP contribution in [0.15, 0.2) is 91.4 Å². The number of fused-ring (bicyclic) bond motifs is 2. The number of carbonyl (C=O) groups excluding carboxylic acids is 1. The van der Waals surface area contributed by atoms with Crippen molar-refractivity contribution in [1.29, 1.82) is 0 Å². The molecule has 0 aliphatic rings. The fraction of sp³-hybridized carbons (Fsp3) is 0.125. The minimum Gasteiger partial charge on any atom is -0.455 e. The normalized spacial score (nSPS) is 11.7. The molecule has 1 N–H and O–H groups in total. The Hall–Kier alpha value is -5.63. The summed E-state index contributed by atoms with van der Waals surface area (Å²) in [5.74, 6) is -2.33.